The van der Waals surface area contributed by atoms with Crippen LogP contribution in [0.1, 0.15) is 62.0 Å². The van der Waals surface area contributed by atoms with Gasteiger partial charge in [-0.1, -0.05) is 67.6 Å². The molecule has 2 amide bonds. The summed E-state index contributed by atoms with van der Waals surface area (Å²) in [6, 6.07) is 30.2. The topological polar surface area (TPSA) is 159 Å². The first-order chi connectivity index (χ1) is 39.1. The lowest BCUT2D eigenvalue weighted by Crippen LogP contribution is -2.85. The van der Waals surface area contributed by atoms with Gasteiger partial charge in [0.05, 0.1) is 65.1 Å². The third-order valence-corrected chi connectivity index (χ3v) is 26.1. The summed E-state index contributed by atoms with van der Waals surface area (Å²) in [5.74, 6) is 1.95. The molecule has 0 aromatic heterocycles. The van der Waals surface area contributed by atoms with Crippen LogP contribution in [-0.2, 0) is 38.0 Å². The van der Waals surface area contributed by atoms with E-state index in [1.807, 2.05) is 40.6 Å². The van der Waals surface area contributed by atoms with E-state index in [4.69, 9.17) is 37.9 Å². The van der Waals surface area contributed by atoms with Gasteiger partial charge >= 0.3 is 0 Å². The van der Waals surface area contributed by atoms with Gasteiger partial charge in [-0.25, -0.2) is 0 Å². The van der Waals surface area contributed by atoms with Gasteiger partial charge in [-0.2, -0.15) is 10.5 Å². The van der Waals surface area contributed by atoms with E-state index in [1.54, 1.807) is 19.1 Å². The Balaban J connectivity index is 0.915. The molecular weight excluding hydrogens is 1010 g/mol. The molecule has 4 aromatic carbocycles. The molecule has 13 nitrogen and oxygen atoms in total. The third kappa shape index (κ3) is 4.49. The largest absolute Gasteiger partial charge is 0.496 e. The van der Waals surface area contributed by atoms with Gasteiger partial charge < -0.3 is 37.9 Å². The molecule has 4 aromatic rings. The molecule has 5 saturated heterocycles. The van der Waals surface area contributed by atoms with Gasteiger partial charge in [0.2, 0.25) is 11.8 Å². The lowest BCUT2D eigenvalue weighted by Gasteiger charge is -2.78. The standard InChI is InChI=1S/C67H69N3O10/c1-8-23-70-60(71)66-56-52-53(63(29-74-3)38-24-37(62(52,63)28-73-2)46-35-19-20-36(47(38)46)43(35)34(26-68)27-69)57(79-56)67(66,61(70)72)59-55-54(58(66)80-59)64(30-75-4)39-25-40(65(55,64)31-76-5)49-45(33-17-13-10-14-18-33)51-42(78-7)22-21-41(77-6)50(51)44(48(39)49)32-15-11-9-12-16-32/h9-18,21-22,35-40,46-47,52-59H,8,19-20,23-25,28-31H2,1-7H3/t35-,36+,37-,38+,39+,40-,46+,47-,52-,53+,54+,55-,56-,57+,58+,59-,62-,63+,64+,65-,66+,67-. The number of hydrogen-bond acceptors (Lipinski definition) is 12. The smallest absolute Gasteiger partial charge is 0.242 e. The number of carbonyl (C=O) groups excluding carboxylic acids is 2. The average Bonchev–Trinajstić information content (AvgIpc) is 1.45. The zero-order valence-corrected chi connectivity index (χ0v) is 46.7. The summed E-state index contributed by atoms with van der Waals surface area (Å²) in [7, 11) is 10.8. The van der Waals surface area contributed by atoms with Crippen molar-refractivity contribution in [1.82, 2.24) is 4.90 Å². The second kappa shape index (κ2) is 15.9. The summed E-state index contributed by atoms with van der Waals surface area (Å²) in [4.78, 5) is 35.0. The monoisotopic (exact) mass is 1080 g/mol. The molecule has 7 saturated carbocycles. The Morgan fingerprint density at radius 3 is 1.35 bits per heavy atom. The summed E-state index contributed by atoms with van der Waals surface area (Å²) in [6.45, 7) is 4.21. The highest BCUT2D eigenvalue weighted by molar-refractivity contribution is 6.15. The van der Waals surface area contributed by atoms with Crippen LogP contribution < -0.4 is 9.47 Å². The minimum atomic E-state index is -1.28. The predicted molar refractivity (Wildman–Crippen MR) is 291 cm³/mol. The summed E-state index contributed by atoms with van der Waals surface area (Å²) in [5, 5.41) is 22.9. The molecule has 17 rings (SSSR count). The number of carbonyl (C=O) groups is 2. The number of amides is 2. The Labute approximate surface area is 467 Å². The van der Waals surface area contributed by atoms with Crippen LogP contribution in [-0.4, -0.2) is 117 Å². The number of methoxy groups -OCH3 is 6. The van der Waals surface area contributed by atoms with Crippen LogP contribution in [0, 0.1) is 114 Å². The highest BCUT2D eigenvalue weighted by Gasteiger charge is 3.05. The number of nitrogens with zero attached hydrogens (tertiary/aromatic N) is 3. The number of fused-ring (bicyclic) bond motifs is 35. The minimum absolute atomic E-state index is 0.0658. The number of allylic oxidation sites excluding steroid dienone is 2. The molecule has 10 bridgehead atoms. The van der Waals surface area contributed by atoms with E-state index in [0.29, 0.717) is 56.8 Å². The lowest BCUT2D eigenvalue weighted by molar-refractivity contribution is -0.330. The zero-order chi connectivity index (χ0) is 54.5. The molecule has 0 N–H and O–H groups in total. The number of ether oxygens (including phenoxy) is 8. The molecule has 80 heavy (non-hydrogen) atoms. The number of rotatable bonds is 14. The van der Waals surface area contributed by atoms with E-state index in [1.165, 1.54) is 11.1 Å². The van der Waals surface area contributed by atoms with Gasteiger partial charge in [0, 0.05) is 91.1 Å². The normalized spacial score (nSPS) is 45.4. The van der Waals surface area contributed by atoms with Crippen LogP contribution in [0.15, 0.2) is 83.9 Å². The molecule has 5 aliphatic heterocycles. The van der Waals surface area contributed by atoms with Crippen molar-refractivity contribution < 1.29 is 47.5 Å². The summed E-state index contributed by atoms with van der Waals surface area (Å²) in [6.07, 6.45) is 1.99. The fraction of sp³-hybridized carbons (Fsp3) is 0.582. The van der Waals surface area contributed by atoms with Crippen LogP contribution >= 0.6 is 0 Å². The number of likely N-dealkylation sites (tertiary alicyclic amines) is 1. The number of nitriles is 2. The number of imide groups is 1. The van der Waals surface area contributed by atoms with Gasteiger partial charge in [0.25, 0.3) is 0 Å². The van der Waals surface area contributed by atoms with Crippen molar-refractivity contribution in [1.29, 1.82) is 10.5 Å². The number of benzene rings is 4. The van der Waals surface area contributed by atoms with Gasteiger partial charge in [-0.05, 0) is 131 Å². The van der Waals surface area contributed by atoms with Crippen molar-refractivity contribution in [2.75, 3.05) is 75.6 Å². The maximum absolute atomic E-state index is 16.7. The Morgan fingerprint density at radius 2 is 0.975 bits per heavy atom. The van der Waals surface area contributed by atoms with Crippen LogP contribution in [0.3, 0.4) is 0 Å². The lowest BCUT2D eigenvalue weighted by atomic mass is 9.22. The van der Waals surface area contributed by atoms with E-state index < -0.39 is 56.9 Å². The van der Waals surface area contributed by atoms with Crippen molar-refractivity contribution in [3.63, 3.8) is 0 Å². The summed E-state index contributed by atoms with van der Waals surface area (Å²) >= 11 is 0. The van der Waals surface area contributed by atoms with Crippen molar-refractivity contribution in [3.8, 4) is 45.9 Å². The maximum atomic E-state index is 16.7. The highest BCUT2D eigenvalue weighted by atomic mass is 16.6. The first kappa shape index (κ1) is 49.0. The number of hydrogen-bond donors (Lipinski definition) is 0. The van der Waals surface area contributed by atoms with Gasteiger partial charge in [-0.3, -0.25) is 14.5 Å². The fourth-order valence-electron chi connectivity index (χ4n) is 25.5. The zero-order valence-electron chi connectivity index (χ0n) is 46.7. The SMILES string of the molecule is CCCN1C(=O)[C@@]23[C@@H]4O[C@@H]([C@@H]5[C@H]4[C@@]4(COC)[C@@H]6C[C@@H]([C@@H]7[C@H]6[C@@H]6CC[C@H]7C6=C(C#N)C#N)[C@@]54COC)[C@]2(C1=O)[C@@H]1O[C@H]3[C@@H]2[C@H]1[C@@]1(COC)[C@@H]3C[C@@H](c4c3c(-c3ccccc3)c3c(OC)ccc(OC)c3c4-c3ccccc3)[C@@]21COC. The highest BCUT2D eigenvalue weighted by Crippen LogP contribution is 2.98. The second-order valence-electron chi connectivity index (χ2n) is 26.8. The van der Waals surface area contributed by atoms with E-state index in [2.05, 4.69) is 79.7 Å². The molecule has 22 atom stereocenters. The van der Waals surface area contributed by atoms with Gasteiger partial charge in [0.1, 0.15) is 40.0 Å². The van der Waals surface area contributed by atoms with Crippen LogP contribution in [0.5, 0.6) is 11.5 Å². The Bertz CT molecular complexity index is 3340. The molecule has 0 unspecified atom stereocenters. The van der Waals surface area contributed by atoms with E-state index in [0.717, 1.165) is 75.8 Å². The van der Waals surface area contributed by atoms with Crippen molar-refractivity contribution in [2.45, 2.75) is 75.3 Å². The molecule has 412 valence electrons. The van der Waals surface area contributed by atoms with Crippen molar-refractivity contribution >= 4 is 22.6 Å². The van der Waals surface area contributed by atoms with Crippen molar-refractivity contribution in [2.24, 2.45) is 91.7 Å². The molecule has 5 heterocycles. The minimum Gasteiger partial charge on any atom is -0.496 e. The third-order valence-electron chi connectivity index (χ3n) is 26.1. The fourth-order valence-corrected chi connectivity index (χ4v) is 25.5. The second-order valence-corrected chi connectivity index (χ2v) is 26.8. The maximum Gasteiger partial charge on any atom is 0.242 e. The molecule has 13 heteroatoms. The Hall–Kier alpha value is -5.64. The summed E-state index contributed by atoms with van der Waals surface area (Å²) < 4.78 is 55.3. The van der Waals surface area contributed by atoms with Crippen molar-refractivity contribution in [3.05, 3.63) is 95.1 Å². The predicted octanol–water partition coefficient (Wildman–Crippen LogP) is 9.38. The average molecular weight is 1080 g/mol. The van der Waals surface area contributed by atoms with Crippen LogP contribution in [0.25, 0.3) is 33.0 Å². The van der Waals surface area contributed by atoms with E-state index in [-0.39, 0.29) is 71.0 Å². The molecule has 12 fully saturated rings. The first-order valence-corrected chi connectivity index (χ1v) is 29.7. The summed E-state index contributed by atoms with van der Waals surface area (Å²) in [5.41, 5.74) is 3.79. The first-order valence-electron chi connectivity index (χ1n) is 29.7. The Morgan fingerprint density at radius 1 is 0.575 bits per heavy atom. The molecule has 0 spiro atoms. The molecule has 8 aliphatic carbocycles. The van der Waals surface area contributed by atoms with Crippen LogP contribution in [0.2, 0.25) is 0 Å². The van der Waals surface area contributed by atoms with Gasteiger partial charge in [0.15, 0.2) is 0 Å². The Kier molecular flexibility index (Phi) is 9.75. The van der Waals surface area contributed by atoms with Gasteiger partial charge in [-0.15, -0.1) is 0 Å². The van der Waals surface area contributed by atoms with E-state index in [9.17, 15) is 10.5 Å². The molecular formula is C67H69N3O10. The molecule has 13 aliphatic rings. The molecule has 0 radical (unpaired) electrons. The van der Waals surface area contributed by atoms with Crippen LogP contribution in [0.4, 0.5) is 0 Å². The van der Waals surface area contributed by atoms with E-state index >= 15 is 9.59 Å². The quantitative estimate of drug-likeness (QED) is 0.0511.